The van der Waals surface area contributed by atoms with E-state index >= 15 is 0 Å². The van der Waals surface area contributed by atoms with Gasteiger partial charge in [-0.15, -0.1) is 0 Å². The van der Waals surface area contributed by atoms with Crippen molar-refractivity contribution in [2.75, 3.05) is 20.4 Å². The Morgan fingerprint density at radius 2 is 0.868 bits per heavy atom. The van der Waals surface area contributed by atoms with Crippen LogP contribution >= 0.6 is 0 Å². The van der Waals surface area contributed by atoms with Crippen LogP contribution in [0, 0.1) is 0 Å². The lowest BCUT2D eigenvalue weighted by Crippen LogP contribution is -2.10. The molecular weight excluding hydrogens is 496 g/mol. The summed E-state index contributed by atoms with van der Waals surface area (Å²) in [5.41, 5.74) is 0.309. The van der Waals surface area contributed by atoms with Gasteiger partial charge in [0.2, 0.25) is 20.4 Å². The third kappa shape index (κ3) is 9.08. The SMILES string of the molecule is C=CC(=O)OCOc1ccc(OCOc2ccc(OC(=O)c3ccc(OCOC(=O)C=C)cc3)cc2)cc1. The molecule has 0 aromatic heterocycles. The number of ether oxygens (including phenoxy) is 7. The van der Waals surface area contributed by atoms with E-state index in [-0.39, 0.29) is 20.4 Å². The first-order chi connectivity index (χ1) is 18.5. The Kier molecular flexibility index (Phi) is 10.3. The summed E-state index contributed by atoms with van der Waals surface area (Å²) in [6, 6.07) is 19.3. The van der Waals surface area contributed by atoms with Crippen molar-refractivity contribution in [2.24, 2.45) is 0 Å². The van der Waals surface area contributed by atoms with Crippen molar-refractivity contribution in [3.05, 3.63) is 104 Å². The summed E-state index contributed by atoms with van der Waals surface area (Å²) in [7, 11) is 0. The minimum atomic E-state index is -0.599. The van der Waals surface area contributed by atoms with Gasteiger partial charge in [-0.05, 0) is 72.8 Å². The second-order valence-corrected chi connectivity index (χ2v) is 7.12. The molecule has 3 aromatic rings. The Labute approximate surface area is 218 Å². The van der Waals surface area contributed by atoms with Crippen LogP contribution in [0.3, 0.4) is 0 Å². The topological polar surface area (TPSA) is 116 Å². The molecule has 3 rings (SSSR count). The van der Waals surface area contributed by atoms with E-state index in [1.807, 2.05) is 0 Å². The Morgan fingerprint density at radius 3 is 1.26 bits per heavy atom. The monoisotopic (exact) mass is 520 g/mol. The molecule has 0 saturated heterocycles. The number of carbonyl (C=O) groups excluding carboxylic acids is 3. The Bertz CT molecular complexity index is 1230. The molecule has 0 amide bonds. The predicted molar refractivity (Wildman–Crippen MR) is 134 cm³/mol. The summed E-state index contributed by atoms with van der Waals surface area (Å²) in [4.78, 5) is 34.4. The zero-order chi connectivity index (χ0) is 27.2. The number of esters is 3. The normalized spacial score (nSPS) is 9.89. The summed E-state index contributed by atoms with van der Waals surface area (Å²) in [5.74, 6) is 0.559. The van der Waals surface area contributed by atoms with Gasteiger partial charge in [0.15, 0.2) is 0 Å². The molecule has 0 aliphatic carbocycles. The molecule has 10 nitrogen and oxygen atoms in total. The van der Waals surface area contributed by atoms with E-state index in [1.165, 1.54) is 12.1 Å². The quantitative estimate of drug-likeness (QED) is 0.131. The van der Waals surface area contributed by atoms with E-state index in [0.717, 1.165) is 12.2 Å². The van der Waals surface area contributed by atoms with E-state index in [1.54, 1.807) is 60.7 Å². The molecule has 0 bridgehead atoms. The van der Waals surface area contributed by atoms with E-state index in [0.29, 0.717) is 34.3 Å². The number of rotatable bonds is 14. The molecule has 0 heterocycles. The maximum absolute atomic E-state index is 12.4. The number of hydrogen-bond acceptors (Lipinski definition) is 10. The maximum atomic E-state index is 12.4. The average Bonchev–Trinajstić information content (AvgIpc) is 2.95. The Morgan fingerprint density at radius 1 is 0.526 bits per heavy atom. The van der Waals surface area contributed by atoms with Gasteiger partial charge in [0.25, 0.3) is 0 Å². The van der Waals surface area contributed by atoms with Gasteiger partial charge >= 0.3 is 17.9 Å². The minimum absolute atomic E-state index is 0.0580. The highest BCUT2D eigenvalue weighted by Crippen LogP contribution is 2.21. The lowest BCUT2D eigenvalue weighted by atomic mass is 10.2. The summed E-state index contributed by atoms with van der Waals surface area (Å²) >= 11 is 0. The van der Waals surface area contributed by atoms with Gasteiger partial charge in [0, 0.05) is 12.2 Å². The molecule has 0 atom stereocenters. The summed E-state index contributed by atoms with van der Waals surface area (Å²) < 4.78 is 36.4. The van der Waals surface area contributed by atoms with Crippen LogP contribution in [0.25, 0.3) is 0 Å². The molecule has 0 radical (unpaired) electrons. The minimum Gasteiger partial charge on any atom is -0.457 e. The van der Waals surface area contributed by atoms with Crippen molar-refractivity contribution < 1.29 is 47.5 Å². The van der Waals surface area contributed by atoms with E-state index in [2.05, 4.69) is 13.2 Å². The van der Waals surface area contributed by atoms with Crippen LogP contribution in [-0.2, 0) is 19.1 Å². The molecule has 10 heteroatoms. The van der Waals surface area contributed by atoms with Crippen molar-refractivity contribution in [1.29, 1.82) is 0 Å². The van der Waals surface area contributed by atoms with Crippen molar-refractivity contribution >= 4 is 17.9 Å². The van der Waals surface area contributed by atoms with E-state index < -0.39 is 17.9 Å². The lowest BCUT2D eigenvalue weighted by Gasteiger charge is -2.10. The fraction of sp³-hybridized carbons (Fsp3) is 0.107. The Hall–Kier alpha value is -5.25. The van der Waals surface area contributed by atoms with Gasteiger partial charge in [-0.3, -0.25) is 0 Å². The molecular formula is C28H24O10. The summed E-state index contributed by atoms with van der Waals surface area (Å²) in [6.45, 7) is 6.03. The first kappa shape index (κ1) is 27.3. The second kappa shape index (κ2) is 14.3. The number of carbonyl (C=O) groups is 3. The van der Waals surface area contributed by atoms with Gasteiger partial charge < -0.3 is 33.2 Å². The van der Waals surface area contributed by atoms with Crippen LogP contribution in [0.2, 0.25) is 0 Å². The third-order valence-electron chi connectivity index (χ3n) is 4.59. The zero-order valence-electron chi connectivity index (χ0n) is 20.2. The maximum Gasteiger partial charge on any atom is 0.343 e. The van der Waals surface area contributed by atoms with Crippen molar-refractivity contribution in [3.63, 3.8) is 0 Å². The van der Waals surface area contributed by atoms with Crippen LogP contribution < -0.4 is 23.7 Å². The molecule has 0 aliphatic rings. The molecule has 0 aliphatic heterocycles. The number of benzene rings is 3. The standard InChI is InChI=1S/C28H24O10/c1-3-26(29)36-18-34-21-7-5-20(6-8-21)28(31)38-25-15-13-24(14-16-25)33-17-32-22-9-11-23(12-10-22)35-19-37-27(30)4-2/h3-16H,1-2,17-19H2. The van der Waals surface area contributed by atoms with Crippen molar-refractivity contribution in [1.82, 2.24) is 0 Å². The van der Waals surface area contributed by atoms with E-state index in [9.17, 15) is 14.4 Å². The second-order valence-electron chi connectivity index (χ2n) is 7.12. The van der Waals surface area contributed by atoms with Gasteiger partial charge in [0.05, 0.1) is 5.56 Å². The molecule has 0 unspecified atom stereocenters. The van der Waals surface area contributed by atoms with Crippen LogP contribution in [-0.4, -0.2) is 38.3 Å². The van der Waals surface area contributed by atoms with Crippen LogP contribution in [0.15, 0.2) is 98.1 Å². The predicted octanol–water partition coefficient (Wildman–Crippen LogP) is 4.45. The molecule has 3 aromatic carbocycles. The molecule has 0 saturated carbocycles. The zero-order valence-corrected chi connectivity index (χ0v) is 20.2. The highest BCUT2D eigenvalue weighted by Gasteiger charge is 2.09. The van der Waals surface area contributed by atoms with Crippen LogP contribution in [0.5, 0.6) is 28.7 Å². The highest BCUT2D eigenvalue weighted by atomic mass is 16.7. The molecule has 0 N–H and O–H groups in total. The van der Waals surface area contributed by atoms with Gasteiger partial charge in [-0.2, -0.15) is 0 Å². The average molecular weight is 520 g/mol. The third-order valence-corrected chi connectivity index (χ3v) is 4.59. The van der Waals surface area contributed by atoms with Gasteiger partial charge in [-0.1, -0.05) is 13.2 Å². The van der Waals surface area contributed by atoms with Crippen LogP contribution in [0.1, 0.15) is 10.4 Å². The smallest absolute Gasteiger partial charge is 0.343 e. The molecule has 196 valence electrons. The fourth-order valence-electron chi connectivity index (χ4n) is 2.68. The number of hydrogen-bond donors (Lipinski definition) is 0. The summed E-state index contributed by atoms with van der Waals surface area (Å²) in [6.07, 6.45) is 2.08. The Balaban J connectivity index is 1.39. The fourth-order valence-corrected chi connectivity index (χ4v) is 2.68. The van der Waals surface area contributed by atoms with Crippen molar-refractivity contribution in [2.45, 2.75) is 0 Å². The molecule has 0 fully saturated rings. The van der Waals surface area contributed by atoms with Gasteiger partial charge in [0.1, 0.15) is 28.7 Å². The lowest BCUT2D eigenvalue weighted by molar-refractivity contribution is -0.145. The highest BCUT2D eigenvalue weighted by molar-refractivity contribution is 5.91. The first-order valence-corrected chi connectivity index (χ1v) is 11.1. The largest absolute Gasteiger partial charge is 0.457 e. The van der Waals surface area contributed by atoms with Gasteiger partial charge in [-0.25, -0.2) is 14.4 Å². The molecule has 0 spiro atoms. The summed E-state index contributed by atoms with van der Waals surface area (Å²) in [5, 5.41) is 0. The van der Waals surface area contributed by atoms with Crippen LogP contribution in [0.4, 0.5) is 0 Å². The first-order valence-electron chi connectivity index (χ1n) is 11.1. The van der Waals surface area contributed by atoms with Crippen molar-refractivity contribution in [3.8, 4) is 28.7 Å². The van der Waals surface area contributed by atoms with E-state index in [4.69, 9.17) is 33.2 Å². The molecule has 38 heavy (non-hydrogen) atoms.